The van der Waals surface area contributed by atoms with E-state index < -0.39 is 27.9 Å². The van der Waals surface area contributed by atoms with Crippen LogP contribution in [0.15, 0.2) is 47.4 Å². The summed E-state index contributed by atoms with van der Waals surface area (Å²) in [5.74, 6) is -1.55. The number of para-hydroxylation sites is 1. The van der Waals surface area contributed by atoms with Crippen LogP contribution in [0.4, 0.5) is 0 Å². The van der Waals surface area contributed by atoms with Gasteiger partial charge >= 0.3 is 5.97 Å². The highest BCUT2D eigenvalue weighted by Gasteiger charge is 2.22. The number of halogens is 1. The molecule has 0 aliphatic carbocycles. The number of aromatic amines is 1. The number of nitrogens with two attached hydrogens (primary N) is 1. The van der Waals surface area contributed by atoms with Gasteiger partial charge in [-0.05, 0) is 36.8 Å². The van der Waals surface area contributed by atoms with Crippen molar-refractivity contribution in [2.45, 2.75) is 24.3 Å². The zero-order chi connectivity index (χ0) is 21.3. The third-order valence-corrected chi connectivity index (χ3v) is 5.85. The standard InChI is InChI=1S/C19H18ClN3O5S/c1-10(18-13(9-17(24)25)12-4-2-3-5-15(12)23-18)22-19(26)11-6-7-14(20)16(8-11)29(21,27)28/h2-8,10,23H,9H2,1H3,(H,22,26)(H,24,25)(H2,21,27,28). The average Bonchev–Trinajstić information content (AvgIpc) is 2.99. The number of hydrogen-bond donors (Lipinski definition) is 4. The third-order valence-electron chi connectivity index (χ3n) is 4.46. The second-order valence-electron chi connectivity index (χ2n) is 6.52. The number of aromatic nitrogens is 1. The van der Waals surface area contributed by atoms with Crippen molar-refractivity contribution < 1.29 is 23.1 Å². The van der Waals surface area contributed by atoms with Gasteiger partial charge in [-0.1, -0.05) is 29.8 Å². The quantitative estimate of drug-likeness (QED) is 0.470. The fraction of sp³-hybridized carbons (Fsp3) is 0.158. The van der Waals surface area contributed by atoms with E-state index in [1.165, 1.54) is 12.1 Å². The molecule has 3 aromatic rings. The molecule has 0 aliphatic heterocycles. The van der Waals surface area contributed by atoms with Crippen LogP contribution >= 0.6 is 11.6 Å². The molecule has 0 saturated carbocycles. The van der Waals surface area contributed by atoms with Crippen LogP contribution in [0.5, 0.6) is 0 Å². The number of rotatable bonds is 6. The zero-order valence-corrected chi connectivity index (χ0v) is 16.8. The molecule has 152 valence electrons. The molecular weight excluding hydrogens is 418 g/mol. The number of carboxylic acids is 1. The third kappa shape index (κ3) is 4.42. The first kappa shape index (κ1) is 20.8. The van der Waals surface area contributed by atoms with Gasteiger partial charge in [-0.15, -0.1) is 0 Å². The molecule has 10 heteroatoms. The van der Waals surface area contributed by atoms with Gasteiger partial charge in [-0.25, -0.2) is 13.6 Å². The van der Waals surface area contributed by atoms with E-state index in [0.717, 1.165) is 17.0 Å². The molecule has 5 N–H and O–H groups in total. The minimum atomic E-state index is -4.09. The highest BCUT2D eigenvalue weighted by molar-refractivity contribution is 7.89. The summed E-state index contributed by atoms with van der Waals surface area (Å²) in [6.07, 6.45) is -0.212. The van der Waals surface area contributed by atoms with Gasteiger partial charge in [0.05, 0.1) is 17.5 Å². The molecule has 1 atom stereocenters. The van der Waals surface area contributed by atoms with E-state index >= 15 is 0 Å². The second kappa shape index (κ2) is 7.86. The van der Waals surface area contributed by atoms with Gasteiger partial charge in [0.1, 0.15) is 4.90 Å². The molecule has 0 bridgehead atoms. The number of hydrogen-bond acceptors (Lipinski definition) is 4. The maximum atomic E-state index is 12.6. The Hall–Kier alpha value is -2.88. The van der Waals surface area contributed by atoms with Gasteiger partial charge in [0.25, 0.3) is 5.91 Å². The first-order valence-electron chi connectivity index (χ1n) is 8.52. The molecule has 2 aromatic carbocycles. The number of carbonyl (C=O) groups excluding carboxylic acids is 1. The van der Waals surface area contributed by atoms with Crippen molar-refractivity contribution in [3.05, 3.63) is 64.3 Å². The number of primary sulfonamides is 1. The van der Waals surface area contributed by atoms with Crippen molar-refractivity contribution in [2.24, 2.45) is 5.14 Å². The van der Waals surface area contributed by atoms with Crippen molar-refractivity contribution in [2.75, 3.05) is 0 Å². The minimum absolute atomic E-state index is 0.0566. The van der Waals surface area contributed by atoms with E-state index in [9.17, 15) is 23.1 Å². The Kier molecular flexibility index (Phi) is 5.65. The molecule has 1 amide bonds. The van der Waals surface area contributed by atoms with Gasteiger partial charge < -0.3 is 15.4 Å². The predicted molar refractivity (Wildman–Crippen MR) is 108 cm³/mol. The number of carbonyl (C=O) groups is 2. The maximum Gasteiger partial charge on any atom is 0.307 e. The lowest BCUT2D eigenvalue weighted by atomic mass is 10.0. The summed E-state index contributed by atoms with van der Waals surface area (Å²) < 4.78 is 23.2. The fourth-order valence-corrected chi connectivity index (χ4v) is 4.22. The maximum absolute atomic E-state index is 12.6. The highest BCUT2D eigenvalue weighted by atomic mass is 35.5. The van der Waals surface area contributed by atoms with Crippen LogP contribution in [0, 0.1) is 0 Å². The first-order chi connectivity index (χ1) is 13.6. The van der Waals surface area contributed by atoms with Crippen LogP contribution in [0.2, 0.25) is 5.02 Å². The van der Waals surface area contributed by atoms with Crippen LogP contribution in [0.3, 0.4) is 0 Å². The number of benzene rings is 2. The van der Waals surface area contributed by atoms with Crippen molar-refractivity contribution in [3.63, 3.8) is 0 Å². The first-order valence-corrected chi connectivity index (χ1v) is 10.4. The van der Waals surface area contributed by atoms with Crippen LogP contribution in [0.25, 0.3) is 10.9 Å². The number of amides is 1. The van der Waals surface area contributed by atoms with E-state index in [1.807, 2.05) is 12.1 Å². The van der Waals surface area contributed by atoms with Crippen LogP contribution in [-0.4, -0.2) is 30.4 Å². The normalized spacial score (nSPS) is 12.7. The van der Waals surface area contributed by atoms with Crippen molar-refractivity contribution in [1.29, 1.82) is 0 Å². The Morgan fingerprint density at radius 2 is 1.93 bits per heavy atom. The number of H-pyrrole nitrogens is 1. The number of aliphatic carboxylic acids is 1. The number of fused-ring (bicyclic) bond motifs is 1. The summed E-state index contributed by atoms with van der Waals surface area (Å²) in [5.41, 5.74) is 1.94. The van der Waals surface area contributed by atoms with Crippen molar-refractivity contribution in [3.8, 4) is 0 Å². The van der Waals surface area contributed by atoms with Crippen LogP contribution in [-0.2, 0) is 21.2 Å². The lowest BCUT2D eigenvalue weighted by molar-refractivity contribution is -0.136. The Bertz CT molecular complexity index is 1220. The molecule has 1 heterocycles. The Labute approximate surface area is 171 Å². The number of sulfonamides is 1. The summed E-state index contributed by atoms with van der Waals surface area (Å²) in [6.45, 7) is 1.70. The van der Waals surface area contributed by atoms with Crippen molar-refractivity contribution in [1.82, 2.24) is 10.3 Å². The largest absolute Gasteiger partial charge is 0.481 e. The SMILES string of the molecule is CC(NC(=O)c1ccc(Cl)c(S(N)(=O)=O)c1)c1[nH]c2ccccc2c1CC(=O)O. The number of nitrogens with one attached hydrogen (secondary N) is 2. The van der Waals surface area contributed by atoms with Gasteiger partial charge in [0.2, 0.25) is 10.0 Å². The summed E-state index contributed by atoms with van der Waals surface area (Å²) >= 11 is 5.85. The summed E-state index contributed by atoms with van der Waals surface area (Å²) in [6, 6.07) is 10.4. The molecule has 3 rings (SSSR count). The molecule has 0 fully saturated rings. The molecular formula is C19H18ClN3O5S. The van der Waals surface area contributed by atoms with Gasteiger partial charge in [0.15, 0.2) is 0 Å². The molecule has 0 spiro atoms. The van der Waals surface area contributed by atoms with Crippen LogP contribution < -0.4 is 10.5 Å². The Morgan fingerprint density at radius 1 is 1.24 bits per heavy atom. The molecule has 0 radical (unpaired) electrons. The molecule has 0 aliphatic rings. The summed E-state index contributed by atoms with van der Waals surface area (Å²) in [4.78, 5) is 26.8. The summed E-state index contributed by atoms with van der Waals surface area (Å²) in [7, 11) is -4.09. The van der Waals surface area contributed by atoms with E-state index in [0.29, 0.717) is 11.3 Å². The highest BCUT2D eigenvalue weighted by Crippen LogP contribution is 2.28. The smallest absolute Gasteiger partial charge is 0.307 e. The minimum Gasteiger partial charge on any atom is -0.481 e. The predicted octanol–water partition coefficient (Wildman–Crippen LogP) is 2.59. The van der Waals surface area contributed by atoms with E-state index in [1.54, 1.807) is 19.1 Å². The average molecular weight is 436 g/mol. The van der Waals surface area contributed by atoms with Gasteiger partial charge in [-0.3, -0.25) is 9.59 Å². The molecule has 0 saturated heterocycles. The summed E-state index contributed by atoms with van der Waals surface area (Å²) in [5, 5.41) is 17.8. The molecule has 1 aromatic heterocycles. The van der Waals surface area contributed by atoms with E-state index in [4.69, 9.17) is 16.7 Å². The molecule has 29 heavy (non-hydrogen) atoms. The van der Waals surface area contributed by atoms with Crippen LogP contribution in [0.1, 0.15) is 34.6 Å². The van der Waals surface area contributed by atoms with Gasteiger partial charge in [-0.2, -0.15) is 0 Å². The van der Waals surface area contributed by atoms with E-state index in [2.05, 4.69) is 10.3 Å². The Balaban J connectivity index is 1.94. The lowest BCUT2D eigenvalue weighted by Gasteiger charge is -2.15. The topological polar surface area (TPSA) is 142 Å². The molecule has 8 nitrogen and oxygen atoms in total. The van der Waals surface area contributed by atoms with Gasteiger partial charge in [0, 0.05) is 22.2 Å². The zero-order valence-electron chi connectivity index (χ0n) is 15.3. The lowest BCUT2D eigenvalue weighted by Crippen LogP contribution is -2.28. The Morgan fingerprint density at radius 3 is 2.59 bits per heavy atom. The molecule has 1 unspecified atom stereocenters. The van der Waals surface area contributed by atoms with Crippen molar-refractivity contribution >= 4 is 44.4 Å². The fourth-order valence-electron chi connectivity index (χ4n) is 3.15. The monoisotopic (exact) mass is 435 g/mol. The van der Waals surface area contributed by atoms with E-state index in [-0.39, 0.29) is 21.9 Å². The second-order valence-corrected chi connectivity index (χ2v) is 8.46. The number of carboxylic acid groups (broad SMARTS) is 1.